The van der Waals surface area contributed by atoms with Crippen LogP contribution < -0.4 is 4.90 Å². The topological polar surface area (TPSA) is 140 Å². The Labute approximate surface area is 212 Å². The van der Waals surface area contributed by atoms with Crippen LogP contribution in [0.2, 0.25) is 0 Å². The second-order valence-electron chi connectivity index (χ2n) is 7.68. The number of hydrogen-bond donors (Lipinski definition) is 0. The highest BCUT2D eigenvalue weighted by molar-refractivity contribution is 9.09. The molecule has 0 aliphatic carbocycles. The molecule has 0 unspecified atom stereocenters. The lowest BCUT2D eigenvalue weighted by atomic mass is 10.0. The number of benzene rings is 1. The van der Waals surface area contributed by atoms with Gasteiger partial charge in [0.25, 0.3) is 15.8 Å². The SMILES string of the molecule is C#Cc1cc([N+](=O)[O-])cc(S(=O)(=O)N2CCc3ccncc3C2)c1N(CCBr)CCOS(C)(=O)=O. The highest BCUT2D eigenvalue weighted by Gasteiger charge is 2.34. The number of aromatic nitrogens is 1. The summed E-state index contributed by atoms with van der Waals surface area (Å²) in [5.41, 5.74) is 1.33. The van der Waals surface area contributed by atoms with Crippen molar-refractivity contribution in [3.8, 4) is 12.3 Å². The summed E-state index contributed by atoms with van der Waals surface area (Å²) in [7, 11) is -7.99. The summed E-state index contributed by atoms with van der Waals surface area (Å²) in [6, 6.07) is 3.94. The predicted octanol–water partition coefficient (Wildman–Crippen LogP) is 1.90. The van der Waals surface area contributed by atoms with Gasteiger partial charge in [0, 0.05) is 56.0 Å². The minimum Gasteiger partial charge on any atom is -0.366 e. The van der Waals surface area contributed by atoms with Gasteiger partial charge in [-0.25, -0.2) is 8.42 Å². The van der Waals surface area contributed by atoms with E-state index in [0.29, 0.717) is 11.8 Å². The van der Waals surface area contributed by atoms with E-state index in [0.717, 1.165) is 29.5 Å². The molecule has 1 aliphatic heterocycles. The Kier molecular flexibility index (Phi) is 8.50. The molecule has 0 bridgehead atoms. The second kappa shape index (κ2) is 11.0. The number of fused-ring (bicyclic) bond motifs is 1. The second-order valence-corrected chi connectivity index (χ2v) is 12.0. The van der Waals surface area contributed by atoms with Crippen LogP contribution in [0.5, 0.6) is 0 Å². The fraction of sp³-hybridized carbons (Fsp3) is 0.381. The molecule has 35 heavy (non-hydrogen) atoms. The number of pyridine rings is 1. The van der Waals surface area contributed by atoms with Gasteiger partial charge in [-0.2, -0.15) is 12.7 Å². The molecule has 2 aromatic rings. The quantitative estimate of drug-likeness (QED) is 0.134. The third-order valence-corrected chi connectivity index (χ3v) is 8.16. The van der Waals surface area contributed by atoms with E-state index in [1.54, 1.807) is 17.3 Å². The van der Waals surface area contributed by atoms with Crippen molar-refractivity contribution in [1.82, 2.24) is 9.29 Å². The van der Waals surface area contributed by atoms with E-state index < -0.39 is 30.8 Å². The Morgan fingerprint density at radius 3 is 2.66 bits per heavy atom. The van der Waals surface area contributed by atoms with Crippen molar-refractivity contribution in [2.45, 2.75) is 17.9 Å². The molecule has 0 N–H and O–H groups in total. The van der Waals surface area contributed by atoms with Crippen LogP contribution in [0, 0.1) is 22.5 Å². The molecular weight excluding hydrogens is 564 g/mol. The fourth-order valence-electron chi connectivity index (χ4n) is 3.77. The van der Waals surface area contributed by atoms with Crippen molar-refractivity contribution >= 4 is 47.4 Å². The highest BCUT2D eigenvalue weighted by Crippen LogP contribution is 2.36. The average molecular weight is 587 g/mol. The summed E-state index contributed by atoms with van der Waals surface area (Å²) in [5, 5.41) is 12.0. The molecule has 1 aromatic heterocycles. The number of terminal acetylenes is 1. The Bertz CT molecular complexity index is 1370. The average Bonchev–Trinajstić information content (AvgIpc) is 2.81. The van der Waals surface area contributed by atoms with Crippen LogP contribution in [0.15, 0.2) is 35.5 Å². The Hall–Kier alpha value is -2.57. The number of sulfonamides is 1. The lowest BCUT2D eigenvalue weighted by Crippen LogP contribution is -2.38. The molecule has 0 atom stereocenters. The minimum absolute atomic E-state index is 0.00263. The summed E-state index contributed by atoms with van der Waals surface area (Å²) >= 11 is 3.31. The van der Waals surface area contributed by atoms with Gasteiger partial charge in [0.2, 0.25) is 10.0 Å². The van der Waals surface area contributed by atoms with Gasteiger partial charge >= 0.3 is 0 Å². The van der Waals surface area contributed by atoms with E-state index >= 15 is 0 Å². The molecule has 0 fully saturated rings. The van der Waals surface area contributed by atoms with Crippen molar-refractivity contribution in [3.63, 3.8) is 0 Å². The molecule has 2 heterocycles. The maximum atomic E-state index is 13.9. The van der Waals surface area contributed by atoms with E-state index in [9.17, 15) is 26.9 Å². The normalized spacial score (nSPS) is 14.2. The summed E-state index contributed by atoms with van der Waals surface area (Å²) in [6.45, 7) is 0.154. The van der Waals surface area contributed by atoms with Crippen molar-refractivity contribution < 1.29 is 25.9 Å². The van der Waals surface area contributed by atoms with Crippen LogP contribution in [-0.2, 0) is 37.3 Å². The number of rotatable bonds is 10. The molecule has 0 radical (unpaired) electrons. The van der Waals surface area contributed by atoms with Gasteiger partial charge in [-0.05, 0) is 23.6 Å². The monoisotopic (exact) mass is 586 g/mol. The van der Waals surface area contributed by atoms with E-state index in [4.69, 9.17) is 10.6 Å². The molecular formula is C21H23BrN4O7S2. The summed E-state index contributed by atoms with van der Waals surface area (Å²) in [4.78, 5) is 16.2. The predicted molar refractivity (Wildman–Crippen MR) is 133 cm³/mol. The molecule has 0 saturated heterocycles. The molecule has 188 valence electrons. The van der Waals surface area contributed by atoms with E-state index in [-0.39, 0.29) is 48.9 Å². The molecule has 0 spiro atoms. The number of alkyl halides is 1. The maximum absolute atomic E-state index is 13.9. The zero-order valence-corrected chi connectivity index (χ0v) is 22.0. The maximum Gasteiger partial charge on any atom is 0.272 e. The first kappa shape index (κ1) is 27.0. The van der Waals surface area contributed by atoms with Gasteiger partial charge in [0.05, 0.1) is 29.0 Å². The number of nitrogens with zero attached hydrogens (tertiary/aromatic N) is 4. The smallest absolute Gasteiger partial charge is 0.272 e. The third-order valence-electron chi connectivity index (χ3n) is 5.35. The lowest BCUT2D eigenvalue weighted by molar-refractivity contribution is -0.385. The number of halogens is 1. The Morgan fingerprint density at radius 2 is 2.03 bits per heavy atom. The first-order chi connectivity index (χ1) is 16.5. The molecule has 0 saturated carbocycles. The minimum atomic E-state index is -4.25. The molecule has 1 aliphatic rings. The van der Waals surface area contributed by atoms with Gasteiger partial charge in [0.15, 0.2) is 0 Å². The number of hydrogen-bond acceptors (Lipinski definition) is 9. The van der Waals surface area contributed by atoms with Crippen LogP contribution in [0.25, 0.3) is 0 Å². The first-order valence-electron chi connectivity index (χ1n) is 10.3. The number of nitro benzene ring substituents is 1. The van der Waals surface area contributed by atoms with E-state index in [1.807, 2.05) is 6.07 Å². The molecule has 14 heteroatoms. The van der Waals surface area contributed by atoms with Gasteiger partial charge < -0.3 is 4.90 Å². The van der Waals surface area contributed by atoms with Gasteiger partial charge in [-0.3, -0.25) is 19.3 Å². The van der Waals surface area contributed by atoms with Gasteiger partial charge in [0.1, 0.15) is 4.90 Å². The summed E-state index contributed by atoms with van der Waals surface area (Å²) in [5.74, 6) is 2.35. The highest BCUT2D eigenvalue weighted by atomic mass is 79.9. The lowest BCUT2D eigenvalue weighted by Gasteiger charge is -2.31. The summed E-state index contributed by atoms with van der Waals surface area (Å²) in [6.07, 6.45) is 10.2. The molecule has 1 aromatic carbocycles. The van der Waals surface area contributed by atoms with Crippen molar-refractivity contribution in [2.75, 3.05) is 42.7 Å². The Balaban J connectivity index is 2.13. The van der Waals surface area contributed by atoms with E-state index in [2.05, 4.69) is 26.8 Å². The first-order valence-corrected chi connectivity index (χ1v) is 14.7. The van der Waals surface area contributed by atoms with E-state index in [1.165, 1.54) is 4.31 Å². The fourth-order valence-corrected chi connectivity index (χ4v) is 6.25. The molecule has 11 nitrogen and oxygen atoms in total. The number of anilines is 1. The molecule has 3 rings (SSSR count). The zero-order chi connectivity index (χ0) is 25.8. The number of nitro groups is 1. The molecule has 0 amide bonds. The van der Waals surface area contributed by atoms with Crippen LogP contribution in [0.3, 0.4) is 0 Å². The summed E-state index contributed by atoms with van der Waals surface area (Å²) < 4.78 is 56.6. The van der Waals surface area contributed by atoms with Crippen LogP contribution in [0.4, 0.5) is 11.4 Å². The third kappa shape index (κ3) is 6.36. The number of non-ortho nitro benzene ring substituents is 1. The van der Waals surface area contributed by atoms with Crippen molar-refractivity contribution in [1.29, 1.82) is 0 Å². The largest absolute Gasteiger partial charge is 0.366 e. The van der Waals surface area contributed by atoms with Crippen LogP contribution >= 0.6 is 15.9 Å². The standard InChI is InChI=1S/C21H23BrN4O7S2/c1-3-16-12-19(26(27)28)13-20(21(16)24(9-6-22)10-11-33-34(2,29)30)35(31,32)25-8-5-17-4-7-23-14-18(17)15-25/h1,4,7,12-14H,5-6,8-11,15H2,2H3. The van der Waals surface area contributed by atoms with Gasteiger partial charge in [-0.1, -0.05) is 21.9 Å². The zero-order valence-electron chi connectivity index (χ0n) is 18.8. The van der Waals surface area contributed by atoms with Crippen LogP contribution in [-0.4, -0.2) is 68.9 Å². The van der Waals surface area contributed by atoms with Gasteiger partial charge in [-0.15, -0.1) is 6.42 Å². The van der Waals surface area contributed by atoms with Crippen molar-refractivity contribution in [2.24, 2.45) is 0 Å². The van der Waals surface area contributed by atoms with Crippen molar-refractivity contribution in [3.05, 3.63) is 57.4 Å². The Morgan fingerprint density at radius 1 is 1.29 bits per heavy atom. The van der Waals surface area contributed by atoms with Crippen LogP contribution in [0.1, 0.15) is 16.7 Å².